The number of hydrogen-bond acceptors (Lipinski definition) is 5. The third kappa shape index (κ3) is 3.70. The number of anilines is 1. The Hall–Kier alpha value is -3.22. The molecule has 0 radical (unpaired) electrons. The van der Waals surface area contributed by atoms with E-state index in [-0.39, 0.29) is 11.9 Å². The molecule has 0 bridgehead atoms. The molecule has 0 saturated heterocycles. The average molecular weight is 309 g/mol. The quantitative estimate of drug-likeness (QED) is 0.779. The van der Waals surface area contributed by atoms with Crippen LogP contribution in [0.5, 0.6) is 5.88 Å². The molecule has 0 aliphatic rings. The Morgan fingerprint density at radius 2 is 2.00 bits per heavy atom. The largest absolute Gasteiger partial charge is 0.481 e. The maximum Gasteiger partial charge on any atom is 0.259 e. The highest BCUT2D eigenvalue weighted by Gasteiger charge is 2.10. The van der Waals surface area contributed by atoms with Gasteiger partial charge in [0.05, 0.1) is 19.2 Å². The van der Waals surface area contributed by atoms with Gasteiger partial charge in [-0.3, -0.25) is 10.1 Å². The first-order chi connectivity index (χ1) is 11.2. The summed E-state index contributed by atoms with van der Waals surface area (Å²) in [5, 5.41) is 6.87. The van der Waals surface area contributed by atoms with Crippen molar-refractivity contribution >= 4 is 11.9 Å². The average Bonchev–Trinajstić information content (AvgIpc) is 3.02. The highest BCUT2D eigenvalue weighted by Crippen LogP contribution is 2.09. The summed E-state index contributed by atoms with van der Waals surface area (Å²) in [5.41, 5.74) is 1.51. The smallest absolute Gasteiger partial charge is 0.259 e. The number of benzene rings is 1. The summed E-state index contributed by atoms with van der Waals surface area (Å²) in [6.07, 6.45) is 3.02. The van der Waals surface area contributed by atoms with E-state index in [9.17, 15) is 4.79 Å². The van der Waals surface area contributed by atoms with Gasteiger partial charge in [0.2, 0.25) is 11.8 Å². The van der Waals surface area contributed by atoms with Crippen LogP contribution in [0.2, 0.25) is 0 Å². The van der Waals surface area contributed by atoms with Crippen molar-refractivity contribution in [2.45, 2.75) is 6.54 Å². The monoisotopic (exact) mass is 309 g/mol. The first-order valence-corrected chi connectivity index (χ1v) is 6.99. The van der Waals surface area contributed by atoms with Crippen LogP contribution >= 0.6 is 0 Å². The number of hydrogen-bond donors (Lipinski definition) is 1. The zero-order chi connectivity index (χ0) is 16.1. The Morgan fingerprint density at radius 1 is 1.17 bits per heavy atom. The topological polar surface area (TPSA) is 81.9 Å². The maximum atomic E-state index is 12.1. The van der Waals surface area contributed by atoms with Gasteiger partial charge in [0.15, 0.2) is 0 Å². The Morgan fingerprint density at radius 3 is 2.70 bits per heavy atom. The molecule has 1 N–H and O–H groups in total. The number of pyridine rings is 1. The number of aromatic nitrogens is 4. The summed E-state index contributed by atoms with van der Waals surface area (Å²) in [6.45, 7) is 0.591. The molecular formula is C16H15N5O2. The predicted molar refractivity (Wildman–Crippen MR) is 84.3 cm³/mol. The van der Waals surface area contributed by atoms with Crippen molar-refractivity contribution in [3.8, 4) is 5.88 Å². The van der Waals surface area contributed by atoms with Gasteiger partial charge < -0.3 is 4.74 Å². The molecule has 1 aromatic carbocycles. The summed E-state index contributed by atoms with van der Waals surface area (Å²) < 4.78 is 6.62. The minimum Gasteiger partial charge on any atom is -0.481 e. The first-order valence-electron chi connectivity index (χ1n) is 6.99. The molecule has 0 aliphatic carbocycles. The number of nitrogens with zero attached hydrogens (tertiary/aromatic N) is 4. The fourth-order valence-corrected chi connectivity index (χ4v) is 2.01. The van der Waals surface area contributed by atoms with E-state index in [4.69, 9.17) is 4.74 Å². The molecule has 1 amide bonds. The van der Waals surface area contributed by atoms with Crippen molar-refractivity contribution in [2.75, 3.05) is 12.4 Å². The highest BCUT2D eigenvalue weighted by molar-refractivity contribution is 6.03. The molecule has 7 heteroatoms. The van der Waals surface area contributed by atoms with E-state index in [1.54, 1.807) is 23.1 Å². The van der Waals surface area contributed by atoms with Crippen LogP contribution in [0.15, 0.2) is 55.0 Å². The summed E-state index contributed by atoms with van der Waals surface area (Å²) >= 11 is 0. The lowest BCUT2D eigenvalue weighted by Gasteiger charge is -2.02. The Bertz CT molecular complexity index is 784. The fourth-order valence-electron chi connectivity index (χ4n) is 2.01. The van der Waals surface area contributed by atoms with Gasteiger partial charge in [-0.25, -0.2) is 14.6 Å². The standard InChI is InChI=1S/C16H15N5O2/c1-23-14-8-7-13(9-17-14)15(22)19-16-18-11-21(20-16)10-12-5-3-2-4-6-12/h2-9,11H,10H2,1H3,(H,19,20,22). The molecule has 23 heavy (non-hydrogen) atoms. The van der Waals surface area contributed by atoms with Crippen molar-refractivity contribution in [1.82, 2.24) is 19.7 Å². The number of methoxy groups -OCH3 is 1. The molecule has 0 fully saturated rings. The SMILES string of the molecule is COc1ccc(C(=O)Nc2ncn(Cc3ccccc3)n2)cn1. The lowest BCUT2D eigenvalue weighted by atomic mass is 10.2. The van der Waals surface area contributed by atoms with Crippen molar-refractivity contribution in [2.24, 2.45) is 0 Å². The van der Waals surface area contributed by atoms with Crippen LogP contribution in [0.1, 0.15) is 15.9 Å². The number of nitrogens with one attached hydrogen (secondary N) is 1. The highest BCUT2D eigenvalue weighted by atomic mass is 16.5. The summed E-state index contributed by atoms with van der Waals surface area (Å²) in [4.78, 5) is 20.2. The van der Waals surface area contributed by atoms with Crippen molar-refractivity contribution < 1.29 is 9.53 Å². The minimum atomic E-state index is -0.322. The normalized spacial score (nSPS) is 10.3. The van der Waals surface area contributed by atoms with Gasteiger partial charge in [-0.05, 0) is 11.6 Å². The Labute approximate surface area is 133 Å². The van der Waals surface area contributed by atoms with Crippen LogP contribution < -0.4 is 10.1 Å². The molecule has 0 aliphatic heterocycles. The second kappa shape index (κ2) is 6.69. The number of carbonyl (C=O) groups is 1. The van der Waals surface area contributed by atoms with E-state index in [0.717, 1.165) is 5.56 Å². The number of amides is 1. The fraction of sp³-hybridized carbons (Fsp3) is 0.125. The molecule has 0 unspecified atom stereocenters. The Balaban J connectivity index is 1.65. The summed E-state index contributed by atoms with van der Waals surface area (Å²) in [5.74, 6) is 0.381. The molecule has 2 heterocycles. The number of carbonyl (C=O) groups excluding carboxylic acids is 1. The van der Waals surface area contributed by atoms with E-state index in [0.29, 0.717) is 18.0 Å². The van der Waals surface area contributed by atoms with Crippen LogP contribution in [-0.4, -0.2) is 32.8 Å². The molecule has 2 aromatic heterocycles. The van der Waals surface area contributed by atoms with Crippen LogP contribution in [0.25, 0.3) is 0 Å². The van der Waals surface area contributed by atoms with E-state index in [2.05, 4.69) is 20.4 Å². The molecule has 3 aromatic rings. The van der Waals surface area contributed by atoms with Gasteiger partial charge in [0.25, 0.3) is 5.91 Å². The molecular weight excluding hydrogens is 294 g/mol. The third-order valence-corrected chi connectivity index (χ3v) is 3.16. The van der Waals surface area contributed by atoms with E-state index in [1.807, 2.05) is 30.3 Å². The van der Waals surface area contributed by atoms with Crippen LogP contribution in [0.4, 0.5) is 5.95 Å². The summed E-state index contributed by atoms with van der Waals surface area (Å²) in [6, 6.07) is 13.1. The van der Waals surface area contributed by atoms with Gasteiger partial charge >= 0.3 is 0 Å². The molecule has 0 atom stereocenters. The predicted octanol–water partition coefficient (Wildman–Crippen LogP) is 1.98. The van der Waals surface area contributed by atoms with E-state index < -0.39 is 0 Å². The van der Waals surface area contributed by atoms with Gasteiger partial charge in [-0.1, -0.05) is 30.3 Å². The van der Waals surface area contributed by atoms with Gasteiger partial charge in [0, 0.05) is 12.3 Å². The number of ether oxygens (including phenoxy) is 1. The second-order valence-electron chi connectivity index (χ2n) is 4.79. The molecule has 7 nitrogen and oxygen atoms in total. The molecule has 3 rings (SSSR count). The van der Waals surface area contributed by atoms with Crippen molar-refractivity contribution in [3.05, 3.63) is 66.1 Å². The number of rotatable bonds is 5. The van der Waals surface area contributed by atoms with Crippen LogP contribution in [0.3, 0.4) is 0 Å². The first kappa shape index (κ1) is 14.7. The minimum absolute atomic E-state index is 0.252. The zero-order valence-electron chi connectivity index (χ0n) is 12.5. The zero-order valence-corrected chi connectivity index (χ0v) is 12.5. The van der Waals surface area contributed by atoms with Gasteiger partial charge in [-0.2, -0.15) is 0 Å². The molecule has 0 spiro atoms. The van der Waals surface area contributed by atoms with Crippen molar-refractivity contribution in [3.63, 3.8) is 0 Å². The van der Waals surface area contributed by atoms with E-state index in [1.165, 1.54) is 13.3 Å². The summed E-state index contributed by atoms with van der Waals surface area (Å²) in [7, 11) is 1.52. The van der Waals surface area contributed by atoms with Crippen molar-refractivity contribution in [1.29, 1.82) is 0 Å². The van der Waals surface area contributed by atoms with Crippen LogP contribution in [-0.2, 0) is 6.54 Å². The van der Waals surface area contributed by atoms with E-state index >= 15 is 0 Å². The molecule has 0 saturated carbocycles. The Kier molecular flexibility index (Phi) is 4.28. The van der Waals surface area contributed by atoms with Gasteiger partial charge in [-0.15, -0.1) is 5.10 Å². The molecule has 116 valence electrons. The van der Waals surface area contributed by atoms with Gasteiger partial charge in [0.1, 0.15) is 6.33 Å². The lowest BCUT2D eigenvalue weighted by Crippen LogP contribution is -2.13. The lowest BCUT2D eigenvalue weighted by molar-refractivity contribution is 0.102. The van der Waals surface area contributed by atoms with Crippen LogP contribution in [0, 0.1) is 0 Å². The third-order valence-electron chi connectivity index (χ3n) is 3.16. The maximum absolute atomic E-state index is 12.1. The second-order valence-corrected chi connectivity index (χ2v) is 4.79.